The second-order valence-electron chi connectivity index (χ2n) is 6.58. The van der Waals surface area contributed by atoms with E-state index in [4.69, 9.17) is 9.47 Å². The molecule has 1 aliphatic heterocycles. The van der Waals surface area contributed by atoms with Crippen molar-refractivity contribution >= 4 is 27.3 Å². The Hall–Kier alpha value is -3.66. The van der Waals surface area contributed by atoms with E-state index in [1.807, 2.05) is 0 Å². The van der Waals surface area contributed by atoms with Crippen molar-refractivity contribution in [2.45, 2.75) is 4.90 Å². The van der Waals surface area contributed by atoms with Gasteiger partial charge in [-0.15, -0.1) is 0 Å². The number of carbonyl (C=O) groups excluding carboxylic acids is 1. The van der Waals surface area contributed by atoms with Gasteiger partial charge in [0.05, 0.1) is 5.69 Å². The average Bonchev–Trinajstić information content (AvgIpc) is 2.78. The number of ether oxygens (including phenoxy) is 2. The molecule has 0 unspecified atom stereocenters. The molecule has 0 saturated heterocycles. The molecule has 0 radical (unpaired) electrons. The highest BCUT2D eigenvalue weighted by Crippen LogP contribution is 2.32. The smallest absolute Gasteiger partial charge is 0.266 e. The fraction of sp³-hybridized carbons (Fsp3) is 0.143. The summed E-state index contributed by atoms with van der Waals surface area (Å²) in [5.41, 5.74) is 0.564. The third-order valence-corrected chi connectivity index (χ3v) is 6.21. The predicted molar refractivity (Wildman–Crippen MR) is 111 cm³/mol. The van der Waals surface area contributed by atoms with Gasteiger partial charge >= 0.3 is 0 Å². The molecular formula is C21H18FN3O5S. The maximum absolute atomic E-state index is 13.4. The van der Waals surface area contributed by atoms with Crippen LogP contribution in [0.3, 0.4) is 0 Å². The van der Waals surface area contributed by atoms with Crippen LogP contribution < -0.4 is 19.1 Å². The third kappa shape index (κ3) is 4.58. The minimum absolute atomic E-state index is 0.0912. The number of sulfonamides is 1. The molecule has 8 nitrogen and oxygen atoms in total. The lowest BCUT2D eigenvalue weighted by molar-refractivity contribution is -0.114. The first kappa shape index (κ1) is 20.6. The molecule has 0 aliphatic carbocycles. The van der Waals surface area contributed by atoms with Crippen molar-refractivity contribution in [1.82, 2.24) is 4.98 Å². The molecule has 1 aliphatic rings. The van der Waals surface area contributed by atoms with Crippen molar-refractivity contribution in [1.29, 1.82) is 0 Å². The van der Waals surface area contributed by atoms with Crippen LogP contribution in [-0.2, 0) is 14.8 Å². The molecule has 4 rings (SSSR count). The fourth-order valence-electron chi connectivity index (χ4n) is 3.00. The minimum atomic E-state index is -4.13. The van der Waals surface area contributed by atoms with E-state index in [1.54, 1.807) is 18.2 Å². The highest BCUT2D eigenvalue weighted by molar-refractivity contribution is 7.92. The Balaban J connectivity index is 1.60. The Kier molecular flexibility index (Phi) is 5.72. The lowest BCUT2D eigenvalue weighted by Gasteiger charge is -2.24. The summed E-state index contributed by atoms with van der Waals surface area (Å²) in [6, 6.07) is 12.6. The topological polar surface area (TPSA) is 97.8 Å². The molecular weight excluding hydrogens is 425 g/mol. The number of aromatic nitrogens is 1. The Morgan fingerprint density at radius 3 is 2.52 bits per heavy atom. The molecule has 1 amide bonds. The summed E-state index contributed by atoms with van der Waals surface area (Å²) in [6.07, 6.45) is 2.63. The number of hydrogen-bond acceptors (Lipinski definition) is 6. The summed E-state index contributed by atoms with van der Waals surface area (Å²) in [5, 5.41) is 2.66. The first-order valence-corrected chi connectivity index (χ1v) is 10.8. The predicted octanol–water partition coefficient (Wildman–Crippen LogP) is 2.83. The van der Waals surface area contributed by atoms with Crippen molar-refractivity contribution in [2.75, 3.05) is 29.4 Å². The van der Waals surface area contributed by atoms with Crippen LogP contribution >= 0.6 is 0 Å². The summed E-state index contributed by atoms with van der Waals surface area (Å²) in [6.45, 7) is 0.306. The van der Waals surface area contributed by atoms with E-state index in [-0.39, 0.29) is 10.6 Å². The summed E-state index contributed by atoms with van der Waals surface area (Å²) >= 11 is 0. The summed E-state index contributed by atoms with van der Waals surface area (Å²) in [7, 11) is -4.13. The Morgan fingerprint density at radius 2 is 1.81 bits per heavy atom. The zero-order valence-corrected chi connectivity index (χ0v) is 17.0. The van der Waals surface area contributed by atoms with E-state index in [0.29, 0.717) is 30.4 Å². The summed E-state index contributed by atoms with van der Waals surface area (Å²) in [5.74, 6) is -0.0598. The van der Waals surface area contributed by atoms with Crippen LogP contribution in [0.2, 0.25) is 0 Å². The molecule has 1 aromatic heterocycles. The number of nitrogens with one attached hydrogen (secondary N) is 1. The van der Waals surface area contributed by atoms with Crippen molar-refractivity contribution in [2.24, 2.45) is 0 Å². The van der Waals surface area contributed by atoms with Gasteiger partial charge in [-0.25, -0.2) is 12.8 Å². The highest BCUT2D eigenvalue weighted by atomic mass is 32.2. The maximum atomic E-state index is 13.4. The number of halogens is 1. The second-order valence-corrected chi connectivity index (χ2v) is 8.45. The number of rotatable bonds is 6. The van der Waals surface area contributed by atoms with Gasteiger partial charge in [-0.2, -0.15) is 0 Å². The number of amides is 1. The van der Waals surface area contributed by atoms with Crippen LogP contribution in [0.5, 0.6) is 11.5 Å². The van der Waals surface area contributed by atoms with Crippen LogP contribution in [0.4, 0.5) is 15.8 Å². The van der Waals surface area contributed by atoms with E-state index in [2.05, 4.69) is 10.3 Å². The van der Waals surface area contributed by atoms with Gasteiger partial charge in [-0.1, -0.05) is 0 Å². The number of hydrogen-bond donors (Lipinski definition) is 1. The molecule has 0 fully saturated rings. The number of carbonyl (C=O) groups is 1. The lowest BCUT2D eigenvalue weighted by Crippen LogP contribution is -2.38. The van der Waals surface area contributed by atoms with Crippen LogP contribution in [0.15, 0.2) is 71.9 Å². The Bertz CT molecular complexity index is 1190. The summed E-state index contributed by atoms with van der Waals surface area (Å²) < 4.78 is 51.6. The number of anilines is 2. The van der Waals surface area contributed by atoms with E-state index < -0.39 is 28.3 Å². The maximum Gasteiger partial charge on any atom is 0.266 e. The van der Waals surface area contributed by atoms with Crippen molar-refractivity contribution < 1.29 is 27.1 Å². The SMILES string of the molecule is O=C(CN(c1ccc(F)cc1)S(=O)(=O)c1cccnc1)Nc1ccc2c(c1)OCCO2. The molecule has 31 heavy (non-hydrogen) atoms. The van der Waals surface area contributed by atoms with Gasteiger partial charge in [0, 0.05) is 24.1 Å². The average molecular weight is 443 g/mol. The summed E-state index contributed by atoms with van der Waals surface area (Å²) in [4.78, 5) is 16.5. The molecule has 160 valence electrons. The van der Waals surface area contributed by atoms with E-state index >= 15 is 0 Å². The highest BCUT2D eigenvalue weighted by Gasteiger charge is 2.27. The normalized spacial score (nSPS) is 12.8. The van der Waals surface area contributed by atoms with Gasteiger partial charge in [0.15, 0.2) is 11.5 Å². The van der Waals surface area contributed by atoms with E-state index in [0.717, 1.165) is 16.4 Å². The number of nitrogens with zero attached hydrogens (tertiary/aromatic N) is 2. The van der Waals surface area contributed by atoms with Crippen LogP contribution in [-0.4, -0.2) is 39.1 Å². The number of benzene rings is 2. The van der Waals surface area contributed by atoms with Gasteiger partial charge < -0.3 is 14.8 Å². The molecule has 0 saturated carbocycles. The van der Waals surface area contributed by atoms with Gasteiger partial charge in [-0.05, 0) is 48.5 Å². The molecule has 0 bridgehead atoms. The van der Waals surface area contributed by atoms with E-state index in [1.165, 1.54) is 36.7 Å². The van der Waals surface area contributed by atoms with Crippen LogP contribution in [0, 0.1) is 5.82 Å². The zero-order valence-electron chi connectivity index (χ0n) is 16.2. The molecule has 1 N–H and O–H groups in total. The van der Waals surface area contributed by atoms with Crippen molar-refractivity contribution in [3.8, 4) is 11.5 Å². The van der Waals surface area contributed by atoms with Gasteiger partial charge in [0.1, 0.15) is 30.5 Å². The zero-order chi connectivity index (χ0) is 21.8. The Labute approximate surface area is 178 Å². The number of fused-ring (bicyclic) bond motifs is 1. The fourth-order valence-corrected chi connectivity index (χ4v) is 4.39. The lowest BCUT2D eigenvalue weighted by atomic mass is 10.2. The Morgan fingerprint density at radius 1 is 1.06 bits per heavy atom. The molecule has 10 heteroatoms. The molecule has 0 atom stereocenters. The third-order valence-electron chi connectivity index (χ3n) is 4.45. The minimum Gasteiger partial charge on any atom is -0.486 e. The largest absolute Gasteiger partial charge is 0.486 e. The first-order chi connectivity index (χ1) is 14.9. The van der Waals surface area contributed by atoms with Crippen molar-refractivity contribution in [3.63, 3.8) is 0 Å². The van der Waals surface area contributed by atoms with Crippen LogP contribution in [0.1, 0.15) is 0 Å². The monoisotopic (exact) mass is 443 g/mol. The van der Waals surface area contributed by atoms with Gasteiger partial charge in [0.25, 0.3) is 10.0 Å². The molecule has 2 heterocycles. The standard InChI is InChI=1S/C21H18FN3O5S/c22-15-3-6-17(7-4-15)25(31(27,28)18-2-1-9-23-13-18)14-21(26)24-16-5-8-19-20(12-16)30-11-10-29-19/h1-9,12-13H,10-11,14H2,(H,24,26). The second kappa shape index (κ2) is 8.60. The van der Waals surface area contributed by atoms with E-state index in [9.17, 15) is 17.6 Å². The molecule has 0 spiro atoms. The first-order valence-electron chi connectivity index (χ1n) is 9.31. The van der Waals surface area contributed by atoms with Crippen molar-refractivity contribution in [3.05, 3.63) is 72.8 Å². The molecule has 2 aromatic carbocycles. The van der Waals surface area contributed by atoms with Gasteiger partial charge in [0.2, 0.25) is 5.91 Å². The number of pyridine rings is 1. The molecule has 3 aromatic rings. The quantitative estimate of drug-likeness (QED) is 0.629. The van der Waals surface area contributed by atoms with Gasteiger partial charge in [-0.3, -0.25) is 14.1 Å². The van der Waals surface area contributed by atoms with Crippen LogP contribution in [0.25, 0.3) is 0 Å².